The van der Waals surface area contributed by atoms with Gasteiger partial charge in [0.25, 0.3) is 0 Å². The van der Waals surface area contributed by atoms with Crippen LogP contribution in [0.3, 0.4) is 0 Å². The number of rotatable bonds is 3. The highest BCUT2D eigenvalue weighted by molar-refractivity contribution is 6.19. The fraction of sp³-hybridized carbons (Fsp3) is 0.120. The number of nitrogens with zero attached hydrogens (tertiary/aromatic N) is 3. The van der Waals surface area contributed by atoms with Crippen LogP contribution in [-0.2, 0) is 0 Å². The molecule has 29 heavy (non-hydrogen) atoms. The highest BCUT2D eigenvalue weighted by Gasteiger charge is 2.05. The van der Waals surface area contributed by atoms with Gasteiger partial charge in [0.1, 0.15) is 0 Å². The molecule has 0 radical (unpaired) electrons. The first-order valence-corrected chi connectivity index (χ1v) is 9.67. The van der Waals surface area contributed by atoms with Gasteiger partial charge in [-0.05, 0) is 98.7 Å². The predicted octanol–water partition coefficient (Wildman–Crippen LogP) is 6.17. The lowest BCUT2D eigenvalue weighted by molar-refractivity contribution is 0.893. The molecule has 0 bridgehead atoms. The number of hydrogen-bond acceptors (Lipinski definition) is 4. The summed E-state index contributed by atoms with van der Waals surface area (Å²) in [4.78, 5) is 13.9. The van der Waals surface area contributed by atoms with Crippen LogP contribution < -0.4 is 0 Å². The van der Waals surface area contributed by atoms with Crippen molar-refractivity contribution in [3.05, 3.63) is 96.3 Å². The van der Waals surface area contributed by atoms with Gasteiger partial charge < -0.3 is 5.41 Å². The normalized spacial score (nSPS) is 18.0. The van der Waals surface area contributed by atoms with Gasteiger partial charge in [-0.1, -0.05) is 11.6 Å². The van der Waals surface area contributed by atoms with E-state index < -0.39 is 0 Å². The van der Waals surface area contributed by atoms with Gasteiger partial charge in [0.2, 0.25) is 0 Å². The molecule has 1 aromatic rings. The molecule has 0 fully saturated rings. The zero-order valence-corrected chi connectivity index (χ0v) is 16.3. The van der Waals surface area contributed by atoms with Crippen molar-refractivity contribution in [2.24, 2.45) is 15.0 Å². The van der Waals surface area contributed by atoms with Crippen molar-refractivity contribution in [2.75, 3.05) is 0 Å². The minimum Gasteiger partial charge on any atom is -0.301 e. The fourth-order valence-corrected chi connectivity index (χ4v) is 3.03. The van der Waals surface area contributed by atoms with E-state index >= 15 is 0 Å². The SMILES string of the molecule is CC1=CC=C(N=C2C=CC(=Nc3ccc(N=C4C=CC(=N)C=C4)cc3)C=C2)CC1. The number of benzene rings is 1. The van der Waals surface area contributed by atoms with Gasteiger partial charge in [0.15, 0.2) is 0 Å². The monoisotopic (exact) mass is 378 g/mol. The molecular formula is C25H22N4. The predicted molar refractivity (Wildman–Crippen MR) is 123 cm³/mol. The number of allylic oxidation sites excluding steroid dienone is 12. The number of hydrogen-bond donors (Lipinski definition) is 1. The zero-order valence-electron chi connectivity index (χ0n) is 16.3. The van der Waals surface area contributed by atoms with E-state index in [1.54, 1.807) is 12.2 Å². The van der Waals surface area contributed by atoms with Gasteiger partial charge in [0.05, 0.1) is 34.2 Å². The summed E-state index contributed by atoms with van der Waals surface area (Å²) in [6, 6.07) is 7.80. The third-order valence-corrected chi connectivity index (χ3v) is 4.69. The average Bonchev–Trinajstić information content (AvgIpc) is 2.74. The first-order valence-electron chi connectivity index (χ1n) is 9.67. The molecule has 142 valence electrons. The Kier molecular flexibility index (Phi) is 5.52. The quantitative estimate of drug-likeness (QED) is 0.612. The van der Waals surface area contributed by atoms with Crippen LogP contribution in [0, 0.1) is 5.41 Å². The van der Waals surface area contributed by atoms with E-state index in [4.69, 9.17) is 10.4 Å². The second-order valence-corrected chi connectivity index (χ2v) is 7.09. The molecule has 0 spiro atoms. The molecule has 0 unspecified atom stereocenters. The topological polar surface area (TPSA) is 60.9 Å². The standard InChI is InChI=1S/C25H22N4/c1-18-2-6-20(7-3-18)27-22-10-14-24(15-11-22)29-25-16-12-23(13-17-25)28-21-8-4-19(26)5-9-21/h2,4-6,8-17,26H,3,7H2,1H3. The van der Waals surface area contributed by atoms with Gasteiger partial charge >= 0.3 is 0 Å². The smallest absolute Gasteiger partial charge is 0.0638 e. The maximum atomic E-state index is 7.53. The molecule has 0 saturated heterocycles. The van der Waals surface area contributed by atoms with Crippen LogP contribution in [0.15, 0.2) is 111 Å². The Labute approximate surface area is 171 Å². The van der Waals surface area contributed by atoms with Crippen molar-refractivity contribution < 1.29 is 0 Å². The molecule has 0 atom stereocenters. The molecule has 1 N–H and O–H groups in total. The van der Waals surface area contributed by atoms with E-state index in [1.807, 2.05) is 60.7 Å². The number of aliphatic imine (C=N–C) groups is 3. The molecule has 4 nitrogen and oxygen atoms in total. The van der Waals surface area contributed by atoms with E-state index in [0.29, 0.717) is 5.71 Å². The van der Waals surface area contributed by atoms with Crippen molar-refractivity contribution in [3.8, 4) is 0 Å². The summed E-state index contributed by atoms with van der Waals surface area (Å²) in [6.45, 7) is 2.15. The van der Waals surface area contributed by atoms with Crippen LogP contribution in [0.5, 0.6) is 0 Å². The molecule has 3 aliphatic carbocycles. The Morgan fingerprint density at radius 3 is 1.59 bits per heavy atom. The molecule has 0 amide bonds. The van der Waals surface area contributed by atoms with Gasteiger partial charge in [-0.3, -0.25) is 4.99 Å². The molecule has 0 aliphatic heterocycles. The van der Waals surface area contributed by atoms with E-state index in [2.05, 4.69) is 29.1 Å². The lowest BCUT2D eigenvalue weighted by Gasteiger charge is -2.09. The lowest BCUT2D eigenvalue weighted by atomic mass is 10.0. The zero-order chi connectivity index (χ0) is 20.1. The summed E-state index contributed by atoms with van der Waals surface area (Å²) in [5.74, 6) is 0. The molecule has 0 saturated carbocycles. The highest BCUT2D eigenvalue weighted by Crippen LogP contribution is 2.21. The number of nitrogens with one attached hydrogen (secondary N) is 1. The Morgan fingerprint density at radius 1 is 0.621 bits per heavy atom. The van der Waals surface area contributed by atoms with Crippen molar-refractivity contribution in [1.82, 2.24) is 0 Å². The maximum Gasteiger partial charge on any atom is 0.0638 e. The first kappa shape index (κ1) is 18.7. The van der Waals surface area contributed by atoms with Gasteiger partial charge in [-0.15, -0.1) is 0 Å². The van der Waals surface area contributed by atoms with Crippen LogP contribution in [-0.4, -0.2) is 22.8 Å². The second-order valence-electron chi connectivity index (χ2n) is 7.09. The third kappa shape index (κ3) is 5.20. The summed E-state index contributed by atoms with van der Waals surface area (Å²) in [7, 11) is 0. The van der Waals surface area contributed by atoms with Gasteiger partial charge in [-0.2, -0.15) is 0 Å². The second kappa shape index (κ2) is 8.57. The summed E-state index contributed by atoms with van der Waals surface area (Å²) < 4.78 is 0. The first-order chi connectivity index (χ1) is 14.1. The van der Waals surface area contributed by atoms with Crippen molar-refractivity contribution in [2.45, 2.75) is 19.8 Å². The van der Waals surface area contributed by atoms with Crippen molar-refractivity contribution >= 4 is 34.2 Å². The summed E-state index contributed by atoms with van der Waals surface area (Å²) in [5, 5.41) is 7.53. The Morgan fingerprint density at radius 2 is 1.10 bits per heavy atom. The van der Waals surface area contributed by atoms with Gasteiger partial charge in [-0.25, -0.2) is 9.98 Å². The Bertz CT molecular complexity index is 1060. The Hall–Kier alpha value is -3.66. The van der Waals surface area contributed by atoms with Crippen LogP contribution in [0.2, 0.25) is 0 Å². The Balaban J connectivity index is 1.42. The molecule has 3 aliphatic rings. The van der Waals surface area contributed by atoms with Crippen LogP contribution >= 0.6 is 0 Å². The van der Waals surface area contributed by atoms with E-state index in [0.717, 1.165) is 47.0 Å². The van der Waals surface area contributed by atoms with Crippen LogP contribution in [0.25, 0.3) is 0 Å². The van der Waals surface area contributed by atoms with E-state index in [1.165, 1.54) is 5.57 Å². The van der Waals surface area contributed by atoms with Crippen molar-refractivity contribution in [3.63, 3.8) is 0 Å². The third-order valence-electron chi connectivity index (χ3n) is 4.69. The lowest BCUT2D eigenvalue weighted by Crippen LogP contribution is -2.01. The summed E-state index contributed by atoms with van der Waals surface area (Å²) >= 11 is 0. The summed E-state index contributed by atoms with van der Waals surface area (Å²) in [6.07, 6.45) is 21.5. The van der Waals surface area contributed by atoms with Crippen LogP contribution in [0.4, 0.5) is 11.4 Å². The largest absolute Gasteiger partial charge is 0.301 e. The van der Waals surface area contributed by atoms with E-state index in [-0.39, 0.29) is 0 Å². The fourth-order valence-electron chi connectivity index (χ4n) is 3.03. The van der Waals surface area contributed by atoms with Gasteiger partial charge in [0, 0.05) is 5.70 Å². The average molecular weight is 378 g/mol. The molecule has 4 rings (SSSR count). The summed E-state index contributed by atoms with van der Waals surface area (Å²) in [5.41, 5.74) is 7.44. The maximum absolute atomic E-state index is 7.53. The molecule has 0 heterocycles. The molecule has 0 aromatic heterocycles. The molecule has 1 aromatic carbocycles. The van der Waals surface area contributed by atoms with E-state index in [9.17, 15) is 0 Å². The minimum atomic E-state index is 0.485. The van der Waals surface area contributed by atoms with Crippen LogP contribution in [0.1, 0.15) is 19.8 Å². The molecule has 4 heteroatoms. The highest BCUT2D eigenvalue weighted by atomic mass is 14.8. The molecular weight excluding hydrogens is 356 g/mol. The van der Waals surface area contributed by atoms with Crippen molar-refractivity contribution in [1.29, 1.82) is 5.41 Å². The minimum absolute atomic E-state index is 0.485.